The third-order valence-corrected chi connectivity index (χ3v) is 5.16. The van der Waals surface area contributed by atoms with Crippen molar-refractivity contribution < 1.29 is 27.4 Å². The predicted molar refractivity (Wildman–Crippen MR) is 120 cm³/mol. The zero-order valence-electron chi connectivity index (χ0n) is 17.6. The largest absolute Gasteiger partial charge is 0.487 e. The van der Waals surface area contributed by atoms with Gasteiger partial charge in [0, 0.05) is 0 Å². The van der Waals surface area contributed by atoms with Gasteiger partial charge in [-0.05, 0) is 48.0 Å². The lowest BCUT2D eigenvalue weighted by molar-refractivity contribution is -0.141. The number of halogens is 4. The molecule has 0 unspecified atom stereocenters. The molecule has 9 heteroatoms. The van der Waals surface area contributed by atoms with Crippen LogP contribution < -0.4 is 4.74 Å². The molecule has 0 radical (unpaired) electrons. The van der Waals surface area contributed by atoms with E-state index in [9.17, 15) is 18.0 Å². The van der Waals surface area contributed by atoms with Crippen LogP contribution in [0.15, 0.2) is 84.9 Å². The second-order valence-corrected chi connectivity index (χ2v) is 7.66. The van der Waals surface area contributed by atoms with Gasteiger partial charge >= 0.3 is 12.1 Å². The van der Waals surface area contributed by atoms with Gasteiger partial charge in [0.25, 0.3) is 0 Å². The van der Waals surface area contributed by atoms with Crippen LogP contribution in [0.2, 0.25) is 5.02 Å². The Morgan fingerprint density at radius 3 is 2.26 bits per heavy atom. The molecule has 0 fully saturated rings. The Morgan fingerprint density at radius 1 is 0.912 bits per heavy atom. The highest BCUT2D eigenvalue weighted by Crippen LogP contribution is 2.31. The maximum Gasteiger partial charge on any atom is 0.435 e. The minimum atomic E-state index is -4.62. The fraction of sp³-hybridized carbons (Fsp3) is 0.120. The van der Waals surface area contributed by atoms with E-state index in [2.05, 4.69) is 5.10 Å². The van der Waals surface area contributed by atoms with E-state index in [0.717, 1.165) is 16.3 Å². The van der Waals surface area contributed by atoms with Crippen LogP contribution >= 0.6 is 11.6 Å². The summed E-state index contributed by atoms with van der Waals surface area (Å²) in [5.74, 6) is -0.137. The molecular formula is C25H18ClF3N2O3. The number of carbonyl (C=O) groups is 1. The summed E-state index contributed by atoms with van der Waals surface area (Å²) in [7, 11) is 0. The number of carbonyl (C=O) groups excluding carboxylic acids is 1. The number of benzene rings is 3. The summed E-state index contributed by atoms with van der Waals surface area (Å²) in [5, 5.41) is 3.92. The maximum atomic E-state index is 13.3. The predicted octanol–water partition coefficient (Wildman–Crippen LogP) is 6.48. The number of rotatable bonds is 7. The minimum Gasteiger partial charge on any atom is -0.487 e. The SMILES string of the molecule is O=C(OCc1ccccc1)c1ccc(OCc2cc(C(F)(F)F)nn2-c2ccccc2Cl)cc1. The lowest BCUT2D eigenvalue weighted by atomic mass is 10.2. The van der Waals surface area contributed by atoms with Gasteiger partial charge < -0.3 is 9.47 Å². The van der Waals surface area contributed by atoms with Crippen molar-refractivity contribution in [1.82, 2.24) is 9.78 Å². The molecule has 0 N–H and O–H groups in total. The average molecular weight is 487 g/mol. The lowest BCUT2D eigenvalue weighted by Gasteiger charge is -2.11. The second-order valence-electron chi connectivity index (χ2n) is 7.26. The second kappa shape index (κ2) is 10.0. The van der Waals surface area contributed by atoms with E-state index in [1.54, 1.807) is 36.4 Å². The zero-order chi connectivity index (χ0) is 24.1. The van der Waals surface area contributed by atoms with Crippen molar-refractivity contribution in [1.29, 1.82) is 0 Å². The van der Waals surface area contributed by atoms with Crippen molar-refractivity contribution in [2.75, 3.05) is 0 Å². The molecule has 0 saturated carbocycles. The van der Waals surface area contributed by atoms with E-state index in [1.807, 2.05) is 30.3 Å². The molecule has 4 rings (SSSR count). The molecule has 1 aromatic heterocycles. The zero-order valence-corrected chi connectivity index (χ0v) is 18.4. The van der Waals surface area contributed by atoms with Crippen molar-refractivity contribution >= 4 is 17.6 Å². The Labute approximate surface area is 198 Å². The van der Waals surface area contributed by atoms with Crippen LogP contribution in [0.5, 0.6) is 5.75 Å². The van der Waals surface area contributed by atoms with E-state index >= 15 is 0 Å². The molecular weight excluding hydrogens is 469 g/mol. The molecule has 0 atom stereocenters. The van der Waals surface area contributed by atoms with Crippen LogP contribution in [0, 0.1) is 0 Å². The topological polar surface area (TPSA) is 53.4 Å². The standard InChI is InChI=1S/C25H18ClF3N2O3/c26-21-8-4-5-9-22(21)31-19(14-23(30-31)25(27,28)29)16-33-20-12-10-18(11-13-20)24(32)34-15-17-6-2-1-3-7-17/h1-14H,15-16H2. The van der Waals surface area contributed by atoms with Gasteiger partial charge in [0.05, 0.1) is 22.0 Å². The molecule has 0 aliphatic heterocycles. The van der Waals surface area contributed by atoms with Gasteiger partial charge in [0.2, 0.25) is 0 Å². The first-order chi connectivity index (χ1) is 16.3. The number of aromatic nitrogens is 2. The van der Waals surface area contributed by atoms with Gasteiger partial charge in [-0.3, -0.25) is 0 Å². The van der Waals surface area contributed by atoms with Gasteiger partial charge in [0.15, 0.2) is 5.69 Å². The number of hydrogen-bond acceptors (Lipinski definition) is 4. The third-order valence-electron chi connectivity index (χ3n) is 4.84. The van der Waals surface area contributed by atoms with Crippen LogP contribution in [0.3, 0.4) is 0 Å². The fourth-order valence-electron chi connectivity index (χ4n) is 3.14. The molecule has 174 valence electrons. The summed E-state index contributed by atoms with van der Waals surface area (Å²) in [4.78, 5) is 12.2. The van der Waals surface area contributed by atoms with Crippen LogP contribution in [0.4, 0.5) is 13.2 Å². The molecule has 5 nitrogen and oxygen atoms in total. The van der Waals surface area contributed by atoms with Crippen LogP contribution in [0.25, 0.3) is 5.69 Å². The number of alkyl halides is 3. The summed E-state index contributed by atoms with van der Waals surface area (Å²) < 4.78 is 51.8. The molecule has 1 heterocycles. The first kappa shape index (κ1) is 23.4. The molecule has 0 aliphatic rings. The van der Waals surface area contributed by atoms with E-state index in [1.165, 1.54) is 12.1 Å². The first-order valence-electron chi connectivity index (χ1n) is 10.2. The smallest absolute Gasteiger partial charge is 0.435 e. The van der Waals surface area contributed by atoms with E-state index in [-0.39, 0.29) is 23.9 Å². The van der Waals surface area contributed by atoms with Crippen LogP contribution in [0.1, 0.15) is 27.3 Å². The van der Waals surface area contributed by atoms with E-state index in [4.69, 9.17) is 21.1 Å². The molecule has 0 saturated heterocycles. The Balaban J connectivity index is 1.45. The number of ether oxygens (including phenoxy) is 2. The Kier molecular flexibility index (Phi) is 6.88. The van der Waals surface area contributed by atoms with Crippen molar-refractivity contribution in [3.8, 4) is 11.4 Å². The highest BCUT2D eigenvalue weighted by Gasteiger charge is 2.35. The lowest BCUT2D eigenvalue weighted by Crippen LogP contribution is -2.09. The third kappa shape index (κ3) is 5.58. The normalized spacial score (nSPS) is 11.3. The monoisotopic (exact) mass is 486 g/mol. The van der Waals surface area contributed by atoms with Crippen LogP contribution in [-0.2, 0) is 24.1 Å². The molecule has 0 spiro atoms. The number of para-hydroxylation sites is 1. The summed E-state index contributed by atoms with van der Waals surface area (Å²) in [6, 6.07) is 22.8. The van der Waals surface area contributed by atoms with E-state index in [0.29, 0.717) is 17.0 Å². The molecule has 4 aromatic rings. The molecule has 34 heavy (non-hydrogen) atoms. The van der Waals surface area contributed by atoms with Crippen molar-refractivity contribution in [3.63, 3.8) is 0 Å². The van der Waals surface area contributed by atoms with Gasteiger partial charge in [-0.15, -0.1) is 0 Å². The Hall–Kier alpha value is -3.78. The van der Waals surface area contributed by atoms with Crippen LogP contribution in [-0.4, -0.2) is 15.7 Å². The number of nitrogens with zero attached hydrogens (tertiary/aromatic N) is 2. The summed E-state index contributed by atoms with van der Waals surface area (Å²) in [6.07, 6.45) is -4.62. The summed E-state index contributed by atoms with van der Waals surface area (Å²) >= 11 is 6.16. The van der Waals surface area contributed by atoms with E-state index < -0.39 is 17.8 Å². The maximum absolute atomic E-state index is 13.3. The number of hydrogen-bond donors (Lipinski definition) is 0. The van der Waals surface area contributed by atoms with Gasteiger partial charge in [0.1, 0.15) is 19.0 Å². The molecule has 0 amide bonds. The molecule has 0 bridgehead atoms. The summed E-state index contributed by atoms with van der Waals surface area (Å²) in [5.41, 5.74) is 0.594. The van der Waals surface area contributed by atoms with Gasteiger partial charge in [-0.1, -0.05) is 54.1 Å². The first-order valence-corrected chi connectivity index (χ1v) is 10.5. The Bertz CT molecular complexity index is 1270. The van der Waals surface area contributed by atoms with Crippen molar-refractivity contribution in [2.24, 2.45) is 0 Å². The van der Waals surface area contributed by atoms with Gasteiger partial charge in [-0.2, -0.15) is 18.3 Å². The Morgan fingerprint density at radius 2 is 1.59 bits per heavy atom. The highest BCUT2D eigenvalue weighted by atomic mass is 35.5. The fourth-order valence-corrected chi connectivity index (χ4v) is 3.36. The molecule has 3 aromatic carbocycles. The summed E-state index contributed by atoms with van der Waals surface area (Å²) in [6.45, 7) is -0.0579. The highest BCUT2D eigenvalue weighted by molar-refractivity contribution is 6.32. The van der Waals surface area contributed by atoms with Gasteiger partial charge in [-0.25, -0.2) is 9.48 Å². The average Bonchev–Trinajstić information content (AvgIpc) is 3.27. The molecule has 0 aliphatic carbocycles. The van der Waals surface area contributed by atoms with Crippen molar-refractivity contribution in [3.05, 3.63) is 112 Å². The minimum absolute atomic E-state index is 0.144. The quantitative estimate of drug-likeness (QED) is 0.280. The number of esters is 1. The van der Waals surface area contributed by atoms with Crippen molar-refractivity contribution in [2.45, 2.75) is 19.4 Å².